The van der Waals surface area contributed by atoms with Gasteiger partial charge >= 0.3 is 0 Å². The first-order valence-electron chi connectivity index (χ1n) is 8.28. The van der Waals surface area contributed by atoms with Gasteiger partial charge in [0, 0.05) is 0 Å². The molecule has 6 saturated carbocycles. The second kappa shape index (κ2) is 3.75. The highest BCUT2D eigenvalue weighted by Gasteiger charge is 2.48. The van der Waals surface area contributed by atoms with Crippen molar-refractivity contribution in [1.29, 1.82) is 0 Å². The van der Waals surface area contributed by atoms with E-state index in [1.165, 1.54) is 0 Å². The third-order valence-electron chi connectivity index (χ3n) is 7.25. The largest absolute Gasteiger partial charge is 0.0499 e. The van der Waals surface area contributed by atoms with E-state index >= 15 is 0 Å². The molecular formula is C17H28. The smallest absolute Gasteiger partial charge is 0.0292 e. The lowest BCUT2D eigenvalue weighted by Crippen LogP contribution is -2.42. The maximum Gasteiger partial charge on any atom is -0.0292 e. The minimum atomic E-state index is 0.832. The molecule has 6 aliphatic carbocycles. The Bertz CT molecular complexity index is 230. The average molecular weight is 232 g/mol. The van der Waals surface area contributed by atoms with Crippen LogP contribution in [0.2, 0.25) is 0 Å². The molecule has 0 atom stereocenters. The highest BCUT2D eigenvalue weighted by atomic mass is 14.5. The first-order valence-corrected chi connectivity index (χ1v) is 8.28. The highest BCUT2D eigenvalue weighted by Crippen LogP contribution is 2.61. The van der Waals surface area contributed by atoms with Crippen molar-refractivity contribution in [2.45, 2.75) is 83.5 Å². The summed E-state index contributed by atoms with van der Waals surface area (Å²) in [6.45, 7) is 0. The summed E-state index contributed by atoms with van der Waals surface area (Å²) < 4.78 is 0. The molecule has 4 bridgehead atoms. The Morgan fingerprint density at radius 1 is 0.529 bits per heavy atom. The third kappa shape index (κ3) is 1.78. The van der Waals surface area contributed by atoms with E-state index in [4.69, 9.17) is 0 Å². The van der Waals surface area contributed by atoms with E-state index in [0.29, 0.717) is 0 Å². The van der Waals surface area contributed by atoms with Gasteiger partial charge in [0.2, 0.25) is 0 Å². The second-order valence-electron chi connectivity index (χ2n) is 8.14. The minimum absolute atomic E-state index is 0.832. The van der Waals surface area contributed by atoms with Crippen molar-refractivity contribution in [2.75, 3.05) is 0 Å². The fourth-order valence-electron chi connectivity index (χ4n) is 6.00. The van der Waals surface area contributed by atoms with Crippen LogP contribution < -0.4 is 0 Å². The third-order valence-corrected chi connectivity index (χ3v) is 7.25. The van der Waals surface area contributed by atoms with Crippen LogP contribution in [0.15, 0.2) is 0 Å². The molecule has 0 N–H and O–H groups in total. The maximum atomic E-state index is 1.64. The fourth-order valence-corrected chi connectivity index (χ4v) is 6.00. The predicted molar refractivity (Wildman–Crippen MR) is 71.9 cm³/mol. The van der Waals surface area contributed by atoms with E-state index in [9.17, 15) is 0 Å². The van der Waals surface area contributed by atoms with E-state index in [1.54, 1.807) is 83.5 Å². The predicted octanol–water partition coefficient (Wildman–Crippen LogP) is 5.32. The molecule has 6 rings (SSSR count). The van der Waals surface area contributed by atoms with E-state index < -0.39 is 0 Å². The van der Waals surface area contributed by atoms with Crippen LogP contribution in [0.5, 0.6) is 0 Å². The van der Waals surface area contributed by atoms with Crippen LogP contribution in [-0.2, 0) is 0 Å². The van der Waals surface area contributed by atoms with Gasteiger partial charge in [0.1, 0.15) is 0 Å². The van der Waals surface area contributed by atoms with Gasteiger partial charge < -0.3 is 0 Å². The fraction of sp³-hybridized carbons (Fsp3) is 1.00. The summed E-state index contributed by atoms with van der Waals surface area (Å²) in [6.07, 6.45) is 20.7. The van der Waals surface area contributed by atoms with E-state index in [2.05, 4.69) is 0 Å². The molecule has 0 aliphatic heterocycles. The van der Waals surface area contributed by atoms with Crippen LogP contribution in [0.4, 0.5) is 0 Å². The van der Waals surface area contributed by atoms with Gasteiger partial charge in [0.15, 0.2) is 0 Å². The zero-order valence-electron chi connectivity index (χ0n) is 11.3. The van der Waals surface area contributed by atoms with Crippen molar-refractivity contribution >= 4 is 0 Å². The summed E-state index contributed by atoms with van der Waals surface area (Å²) in [5.41, 5.74) is 1.66. The monoisotopic (exact) mass is 232 g/mol. The summed E-state index contributed by atoms with van der Waals surface area (Å²) in [7, 11) is 0. The number of rotatable bonds is 2. The number of fused-ring (bicyclic) bond motifs is 6. The summed E-state index contributed by atoms with van der Waals surface area (Å²) in [6, 6.07) is 0. The molecule has 0 radical (unpaired) electrons. The van der Waals surface area contributed by atoms with Crippen LogP contribution in [0.25, 0.3) is 0 Å². The second-order valence-corrected chi connectivity index (χ2v) is 8.14. The molecule has 0 aromatic heterocycles. The molecule has 0 heterocycles. The van der Waals surface area contributed by atoms with Crippen molar-refractivity contribution < 1.29 is 0 Å². The standard InChI is InChI=1S/C17H28/c1-7-16(8-2-14(1)3-9-16)13-17-10-4-15(5-11-17)6-12-17/h14-15H,1-13H2. The molecule has 0 unspecified atom stereocenters. The zero-order chi connectivity index (χ0) is 11.3. The molecule has 0 aromatic carbocycles. The van der Waals surface area contributed by atoms with E-state index in [1.807, 2.05) is 0 Å². The molecule has 0 saturated heterocycles. The van der Waals surface area contributed by atoms with Crippen molar-refractivity contribution in [3.63, 3.8) is 0 Å². The molecule has 96 valence electrons. The molecule has 17 heavy (non-hydrogen) atoms. The molecular weight excluding hydrogens is 204 g/mol. The van der Waals surface area contributed by atoms with Crippen molar-refractivity contribution in [1.82, 2.24) is 0 Å². The summed E-state index contributed by atoms with van der Waals surface area (Å²) in [5.74, 6) is 2.27. The first-order chi connectivity index (χ1) is 8.28. The van der Waals surface area contributed by atoms with Gasteiger partial charge in [-0.05, 0) is 106 Å². The van der Waals surface area contributed by atoms with Crippen molar-refractivity contribution in [3.05, 3.63) is 0 Å². The highest BCUT2D eigenvalue weighted by molar-refractivity contribution is 5.00. The van der Waals surface area contributed by atoms with Crippen LogP contribution in [0.1, 0.15) is 83.5 Å². The molecule has 0 heteroatoms. The Morgan fingerprint density at radius 2 is 0.824 bits per heavy atom. The number of hydrogen-bond acceptors (Lipinski definition) is 0. The Balaban J connectivity index is 1.52. The quantitative estimate of drug-likeness (QED) is 0.604. The lowest BCUT2D eigenvalue weighted by Gasteiger charge is -2.55. The number of hydrogen-bond donors (Lipinski definition) is 0. The normalized spacial score (nSPS) is 52.9. The van der Waals surface area contributed by atoms with Gasteiger partial charge in [0.05, 0.1) is 0 Å². The van der Waals surface area contributed by atoms with Gasteiger partial charge in [-0.3, -0.25) is 0 Å². The van der Waals surface area contributed by atoms with E-state index in [0.717, 1.165) is 22.7 Å². The Morgan fingerprint density at radius 3 is 1.12 bits per heavy atom. The SMILES string of the molecule is C1CC2(CC34CCC(CC3)CC4)CCC1CC2. The molecule has 6 aliphatic rings. The lowest BCUT2D eigenvalue weighted by molar-refractivity contribution is -0.0346. The topological polar surface area (TPSA) is 0 Å². The Kier molecular flexibility index (Phi) is 2.40. The molecule has 0 nitrogen and oxygen atoms in total. The lowest BCUT2D eigenvalue weighted by atomic mass is 9.50. The molecule has 0 amide bonds. The maximum absolute atomic E-state index is 1.64. The minimum Gasteiger partial charge on any atom is -0.0499 e. The molecule has 0 aromatic rings. The summed E-state index contributed by atoms with van der Waals surface area (Å²) in [4.78, 5) is 0. The van der Waals surface area contributed by atoms with E-state index in [-0.39, 0.29) is 0 Å². The van der Waals surface area contributed by atoms with Crippen molar-refractivity contribution in [2.24, 2.45) is 22.7 Å². The first kappa shape index (κ1) is 10.9. The van der Waals surface area contributed by atoms with Gasteiger partial charge in [0.25, 0.3) is 0 Å². The van der Waals surface area contributed by atoms with Crippen LogP contribution >= 0.6 is 0 Å². The van der Waals surface area contributed by atoms with Gasteiger partial charge in [-0.1, -0.05) is 0 Å². The van der Waals surface area contributed by atoms with Gasteiger partial charge in [-0.25, -0.2) is 0 Å². The zero-order valence-corrected chi connectivity index (χ0v) is 11.3. The Labute approximate surface area is 107 Å². The summed E-state index contributed by atoms with van der Waals surface area (Å²) in [5, 5.41) is 0. The van der Waals surface area contributed by atoms with Crippen LogP contribution in [-0.4, -0.2) is 0 Å². The van der Waals surface area contributed by atoms with Gasteiger partial charge in [-0.2, -0.15) is 0 Å². The molecule has 0 spiro atoms. The van der Waals surface area contributed by atoms with Crippen LogP contribution in [0.3, 0.4) is 0 Å². The van der Waals surface area contributed by atoms with Crippen LogP contribution in [0, 0.1) is 22.7 Å². The average Bonchev–Trinajstić information content (AvgIpc) is 2.42. The molecule has 6 fully saturated rings. The Hall–Kier alpha value is 0. The van der Waals surface area contributed by atoms with Crippen molar-refractivity contribution in [3.8, 4) is 0 Å². The summed E-state index contributed by atoms with van der Waals surface area (Å²) >= 11 is 0. The van der Waals surface area contributed by atoms with Gasteiger partial charge in [-0.15, -0.1) is 0 Å².